The minimum Gasteiger partial charge on any atom is -0.381 e. The molecule has 0 spiro atoms. The van der Waals surface area contributed by atoms with Crippen LogP contribution in [0.3, 0.4) is 0 Å². The van der Waals surface area contributed by atoms with Crippen molar-refractivity contribution < 1.29 is 0 Å². The van der Waals surface area contributed by atoms with Crippen molar-refractivity contribution in [1.82, 2.24) is 9.55 Å². The molecule has 0 saturated heterocycles. The average Bonchev–Trinajstić information content (AvgIpc) is 2.32. The summed E-state index contributed by atoms with van der Waals surface area (Å²) in [6.07, 6.45) is 7.70. The average molecular weight is 233 g/mol. The molecular formula is C12H19N5. The van der Waals surface area contributed by atoms with E-state index in [4.69, 9.17) is 16.6 Å². The van der Waals surface area contributed by atoms with Crippen LogP contribution in [0.1, 0.15) is 32.6 Å². The van der Waals surface area contributed by atoms with Crippen LogP contribution in [0.2, 0.25) is 0 Å². The van der Waals surface area contributed by atoms with E-state index >= 15 is 0 Å². The first-order chi connectivity index (χ1) is 8.09. The summed E-state index contributed by atoms with van der Waals surface area (Å²) in [7, 11) is 0. The Morgan fingerprint density at radius 2 is 2.29 bits per heavy atom. The van der Waals surface area contributed by atoms with Crippen molar-refractivity contribution in [3.8, 4) is 0 Å². The smallest absolute Gasteiger partial charge is 0.173 e. The molecule has 0 aliphatic heterocycles. The number of aromatic nitrogens is 2. The van der Waals surface area contributed by atoms with Crippen LogP contribution in [-0.4, -0.2) is 15.4 Å². The van der Waals surface area contributed by atoms with Crippen molar-refractivity contribution in [1.29, 1.82) is 10.8 Å². The standard InChI is InChI=1S/C12H19N5/c1-8-3-2-4-9(7-8)11(14)17-6-5-16-10(13)12(17)15/h5-6,8-9,14-15H,2-4,7H2,1H3,(H2,13,16)/t8-,9+/m1/s1. The molecule has 1 aliphatic carbocycles. The Bertz CT molecular complexity index is 476. The zero-order valence-corrected chi connectivity index (χ0v) is 10.1. The van der Waals surface area contributed by atoms with Gasteiger partial charge in [-0.1, -0.05) is 19.8 Å². The number of hydrogen-bond donors (Lipinski definition) is 3. The van der Waals surface area contributed by atoms with Gasteiger partial charge in [0.2, 0.25) is 0 Å². The van der Waals surface area contributed by atoms with Gasteiger partial charge in [0.15, 0.2) is 11.3 Å². The zero-order chi connectivity index (χ0) is 12.4. The summed E-state index contributed by atoms with van der Waals surface area (Å²) < 4.78 is 1.55. The molecule has 0 amide bonds. The van der Waals surface area contributed by atoms with E-state index in [1.165, 1.54) is 12.8 Å². The summed E-state index contributed by atoms with van der Waals surface area (Å²) in [6, 6.07) is 0. The Hall–Kier alpha value is -1.65. The van der Waals surface area contributed by atoms with Crippen LogP contribution >= 0.6 is 0 Å². The van der Waals surface area contributed by atoms with Crippen molar-refractivity contribution in [3.05, 3.63) is 17.9 Å². The molecule has 0 aromatic carbocycles. The molecule has 0 unspecified atom stereocenters. The van der Waals surface area contributed by atoms with E-state index in [9.17, 15) is 0 Å². The van der Waals surface area contributed by atoms with Crippen molar-refractivity contribution in [2.45, 2.75) is 32.6 Å². The SMILES string of the molecule is C[C@@H]1CCC[C@H](C(=N)n2ccnc(N)c2=N)C1. The number of rotatable bonds is 1. The Kier molecular flexibility index (Phi) is 3.26. The molecule has 2 rings (SSSR count). The van der Waals surface area contributed by atoms with Gasteiger partial charge < -0.3 is 5.73 Å². The number of hydrogen-bond acceptors (Lipinski definition) is 4. The maximum atomic E-state index is 8.21. The quantitative estimate of drug-likeness (QED) is 0.508. The first-order valence-electron chi connectivity index (χ1n) is 6.06. The molecule has 1 aromatic rings. The van der Waals surface area contributed by atoms with Gasteiger partial charge in [-0.05, 0) is 18.8 Å². The van der Waals surface area contributed by atoms with Gasteiger partial charge >= 0.3 is 0 Å². The number of nitrogens with one attached hydrogen (secondary N) is 2. The number of nitrogens with zero attached hydrogens (tertiary/aromatic N) is 2. The highest BCUT2D eigenvalue weighted by molar-refractivity contribution is 5.84. The number of nitrogen functional groups attached to an aromatic ring is 1. The Morgan fingerprint density at radius 1 is 1.53 bits per heavy atom. The van der Waals surface area contributed by atoms with Crippen LogP contribution in [0.15, 0.2) is 12.4 Å². The summed E-state index contributed by atoms with van der Waals surface area (Å²) in [5, 5.41) is 16.0. The lowest BCUT2D eigenvalue weighted by molar-refractivity contribution is 0.334. The molecule has 1 heterocycles. The van der Waals surface area contributed by atoms with Crippen LogP contribution in [0.4, 0.5) is 5.82 Å². The molecule has 2 atom stereocenters. The van der Waals surface area contributed by atoms with Gasteiger partial charge in [0, 0.05) is 18.3 Å². The molecule has 1 fully saturated rings. The molecule has 1 aromatic heterocycles. The molecule has 1 aliphatic rings. The number of nitrogens with two attached hydrogens (primary N) is 1. The molecule has 5 heteroatoms. The highest BCUT2D eigenvalue weighted by Crippen LogP contribution is 2.29. The summed E-state index contributed by atoms with van der Waals surface area (Å²) in [5.41, 5.74) is 5.72. The van der Waals surface area contributed by atoms with Crippen molar-refractivity contribution in [3.63, 3.8) is 0 Å². The van der Waals surface area contributed by atoms with Gasteiger partial charge in [0.1, 0.15) is 5.84 Å². The fourth-order valence-corrected chi connectivity index (χ4v) is 2.52. The lowest BCUT2D eigenvalue weighted by atomic mass is 9.82. The zero-order valence-electron chi connectivity index (χ0n) is 10.1. The van der Waals surface area contributed by atoms with Crippen molar-refractivity contribution in [2.24, 2.45) is 11.8 Å². The van der Waals surface area contributed by atoms with Crippen LogP contribution in [0.5, 0.6) is 0 Å². The molecule has 1 saturated carbocycles. The summed E-state index contributed by atoms with van der Waals surface area (Å²) >= 11 is 0. The van der Waals surface area contributed by atoms with E-state index in [-0.39, 0.29) is 17.2 Å². The minimum atomic E-state index is 0.121. The first kappa shape index (κ1) is 11.8. The van der Waals surface area contributed by atoms with E-state index in [1.807, 2.05) is 0 Å². The van der Waals surface area contributed by atoms with Crippen LogP contribution in [0.25, 0.3) is 0 Å². The lowest BCUT2D eigenvalue weighted by Crippen LogP contribution is -2.35. The highest BCUT2D eigenvalue weighted by Gasteiger charge is 2.23. The highest BCUT2D eigenvalue weighted by atomic mass is 15.1. The Labute approximate surface area is 101 Å². The molecule has 0 radical (unpaired) electrons. The molecule has 17 heavy (non-hydrogen) atoms. The maximum absolute atomic E-state index is 8.21. The summed E-state index contributed by atoms with van der Waals surface area (Å²) in [6.45, 7) is 2.23. The largest absolute Gasteiger partial charge is 0.381 e. The predicted octanol–water partition coefficient (Wildman–Crippen LogP) is 1.60. The van der Waals surface area contributed by atoms with Gasteiger partial charge in [-0.2, -0.15) is 0 Å². The Balaban J connectivity index is 2.25. The van der Waals surface area contributed by atoms with Crippen LogP contribution in [0, 0.1) is 22.7 Å². The van der Waals surface area contributed by atoms with Gasteiger partial charge in [0.25, 0.3) is 0 Å². The third-order valence-electron chi connectivity index (χ3n) is 3.50. The third-order valence-corrected chi connectivity index (χ3v) is 3.50. The fourth-order valence-electron chi connectivity index (χ4n) is 2.52. The second-order valence-corrected chi connectivity index (χ2v) is 4.89. The molecule has 0 bridgehead atoms. The topological polar surface area (TPSA) is 91.5 Å². The normalized spacial score (nSPS) is 24.5. The summed E-state index contributed by atoms with van der Waals surface area (Å²) in [5.74, 6) is 1.58. The molecule has 5 nitrogen and oxygen atoms in total. The van der Waals surface area contributed by atoms with Crippen molar-refractivity contribution >= 4 is 11.7 Å². The van der Waals surface area contributed by atoms with Gasteiger partial charge in [0.05, 0.1) is 0 Å². The van der Waals surface area contributed by atoms with E-state index in [1.54, 1.807) is 17.0 Å². The minimum absolute atomic E-state index is 0.121. The first-order valence-corrected chi connectivity index (χ1v) is 6.06. The van der Waals surface area contributed by atoms with Gasteiger partial charge in [-0.3, -0.25) is 15.4 Å². The maximum Gasteiger partial charge on any atom is 0.173 e. The fraction of sp³-hybridized carbons (Fsp3) is 0.583. The predicted molar refractivity (Wildman–Crippen MR) is 66.7 cm³/mol. The second kappa shape index (κ2) is 4.69. The third kappa shape index (κ3) is 2.38. The van der Waals surface area contributed by atoms with Gasteiger partial charge in [-0.15, -0.1) is 0 Å². The monoisotopic (exact) mass is 233 g/mol. The Morgan fingerprint density at radius 3 is 3.00 bits per heavy atom. The van der Waals surface area contributed by atoms with Gasteiger partial charge in [-0.25, -0.2) is 4.98 Å². The van der Waals surface area contributed by atoms with Crippen LogP contribution in [-0.2, 0) is 0 Å². The molecule has 4 N–H and O–H groups in total. The van der Waals surface area contributed by atoms with Crippen molar-refractivity contribution in [2.75, 3.05) is 5.73 Å². The van der Waals surface area contributed by atoms with E-state index in [2.05, 4.69) is 11.9 Å². The second-order valence-electron chi connectivity index (χ2n) is 4.89. The van der Waals surface area contributed by atoms with Crippen LogP contribution < -0.4 is 11.2 Å². The molecule has 92 valence electrons. The van der Waals surface area contributed by atoms with E-state index in [0.717, 1.165) is 12.8 Å². The van der Waals surface area contributed by atoms with E-state index in [0.29, 0.717) is 11.8 Å². The van der Waals surface area contributed by atoms with E-state index < -0.39 is 0 Å². The summed E-state index contributed by atoms with van der Waals surface area (Å²) in [4.78, 5) is 3.85. The number of anilines is 1. The lowest BCUT2D eigenvalue weighted by Gasteiger charge is -2.27. The molecular weight excluding hydrogens is 214 g/mol.